The number of nitrogens with zero attached hydrogens (tertiary/aromatic N) is 1. The van der Waals surface area contributed by atoms with Crippen LogP contribution in [0.25, 0.3) is 10.9 Å². The van der Waals surface area contributed by atoms with E-state index in [1.165, 1.54) is 0 Å². The van der Waals surface area contributed by atoms with Gasteiger partial charge in [0.25, 0.3) is 0 Å². The summed E-state index contributed by atoms with van der Waals surface area (Å²) in [5.74, 6) is -0.0540. The van der Waals surface area contributed by atoms with E-state index in [2.05, 4.69) is 15.0 Å². The van der Waals surface area contributed by atoms with Crippen molar-refractivity contribution in [3.8, 4) is 0 Å². The molecule has 1 aromatic heterocycles. The van der Waals surface area contributed by atoms with Crippen molar-refractivity contribution in [3.63, 3.8) is 0 Å². The Morgan fingerprint density at radius 1 is 1.12 bits per heavy atom. The number of fused-ring (bicyclic) bond motifs is 1. The molecule has 2 N–H and O–H groups in total. The fourth-order valence-corrected chi connectivity index (χ4v) is 3.04. The summed E-state index contributed by atoms with van der Waals surface area (Å²) in [6, 6.07) is 11.7. The van der Waals surface area contributed by atoms with E-state index >= 15 is 0 Å². The summed E-state index contributed by atoms with van der Waals surface area (Å²) in [6.07, 6.45) is 1.64. The van der Waals surface area contributed by atoms with Gasteiger partial charge in [-0.2, -0.15) is 0 Å². The van der Waals surface area contributed by atoms with Crippen LogP contribution < -0.4 is 10.0 Å². The Morgan fingerprint density at radius 3 is 2.64 bits per heavy atom. The van der Waals surface area contributed by atoms with E-state index in [9.17, 15) is 13.2 Å². The number of sulfonamides is 1. The molecule has 136 valence electrons. The lowest BCUT2D eigenvalue weighted by Gasteiger charge is -2.09. The standard InChI is InChI=1S/C18H25N3O3S/c1-14(2)25(23,24)20-12-6-5-9-18(22)19-13-16-11-10-15-7-3-4-8-17(15)21-16/h3-4,7-8,10-11,14,20H,5-6,9,12-13H2,1-2H3,(H,19,22). The Balaban J connectivity index is 1.68. The topological polar surface area (TPSA) is 88.2 Å². The van der Waals surface area contributed by atoms with E-state index in [1.807, 2.05) is 36.4 Å². The van der Waals surface area contributed by atoms with Crippen molar-refractivity contribution in [1.82, 2.24) is 15.0 Å². The Labute approximate surface area is 149 Å². The minimum atomic E-state index is -3.22. The maximum atomic E-state index is 11.9. The second-order valence-corrected chi connectivity index (χ2v) is 8.54. The van der Waals surface area contributed by atoms with Crippen LogP contribution in [0.15, 0.2) is 36.4 Å². The molecule has 0 aliphatic heterocycles. The molecule has 0 aliphatic carbocycles. The Kier molecular flexibility index (Phi) is 6.90. The number of hydrogen-bond acceptors (Lipinski definition) is 4. The molecule has 0 bridgehead atoms. The van der Waals surface area contributed by atoms with Crippen molar-refractivity contribution in [1.29, 1.82) is 0 Å². The number of para-hydroxylation sites is 1. The first-order valence-corrected chi connectivity index (χ1v) is 10.0. The van der Waals surface area contributed by atoms with Crippen molar-refractivity contribution in [2.75, 3.05) is 6.54 Å². The SMILES string of the molecule is CC(C)S(=O)(=O)NCCCCC(=O)NCc1ccc2ccccc2n1. The lowest BCUT2D eigenvalue weighted by Crippen LogP contribution is -2.31. The number of nitrogens with one attached hydrogen (secondary N) is 2. The van der Waals surface area contributed by atoms with Gasteiger partial charge in [0.15, 0.2) is 0 Å². The summed E-state index contributed by atoms with van der Waals surface area (Å²) >= 11 is 0. The first-order valence-electron chi connectivity index (χ1n) is 8.48. The van der Waals surface area contributed by atoms with Crippen molar-refractivity contribution in [2.45, 2.75) is 44.9 Å². The number of pyridine rings is 1. The molecule has 6 nitrogen and oxygen atoms in total. The minimum Gasteiger partial charge on any atom is -0.350 e. The molecular weight excluding hydrogens is 338 g/mol. The normalized spacial score (nSPS) is 11.8. The number of unbranched alkanes of at least 4 members (excludes halogenated alkanes) is 1. The molecular formula is C18H25N3O3S. The summed E-state index contributed by atoms with van der Waals surface area (Å²) in [6.45, 7) is 4.02. The summed E-state index contributed by atoms with van der Waals surface area (Å²) in [7, 11) is -3.22. The van der Waals surface area contributed by atoms with Crippen molar-refractivity contribution < 1.29 is 13.2 Å². The molecule has 0 atom stereocenters. The molecule has 1 amide bonds. The van der Waals surface area contributed by atoms with Crippen LogP contribution in [0.2, 0.25) is 0 Å². The fourth-order valence-electron chi connectivity index (χ4n) is 2.28. The summed E-state index contributed by atoms with van der Waals surface area (Å²) in [5.41, 5.74) is 1.73. The second kappa shape index (κ2) is 8.92. The summed E-state index contributed by atoms with van der Waals surface area (Å²) in [4.78, 5) is 16.4. The van der Waals surface area contributed by atoms with Crippen LogP contribution in [0.5, 0.6) is 0 Å². The molecule has 0 unspecified atom stereocenters. The highest BCUT2D eigenvalue weighted by molar-refractivity contribution is 7.90. The van der Waals surface area contributed by atoms with Gasteiger partial charge in [0.05, 0.1) is 23.0 Å². The van der Waals surface area contributed by atoms with Crippen LogP contribution in [0.3, 0.4) is 0 Å². The first kappa shape index (κ1) is 19.3. The van der Waals surface area contributed by atoms with Gasteiger partial charge in [0.2, 0.25) is 15.9 Å². The van der Waals surface area contributed by atoms with Crippen LogP contribution in [0.1, 0.15) is 38.8 Å². The first-order chi connectivity index (χ1) is 11.9. The van der Waals surface area contributed by atoms with Gasteiger partial charge < -0.3 is 5.32 Å². The van der Waals surface area contributed by atoms with Gasteiger partial charge in [0, 0.05) is 18.4 Å². The monoisotopic (exact) mass is 363 g/mol. The molecule has 2 rings (SSSR count). The van der Waals surface area contributed by atoms with Gasteiger partial charge in [-0.3, -0.25) is 9.78 Å². The van der Waals surface area contributed by atoms with Crippen molar-refractivity contribution >= 4 is 26.8 Å². The third kappa shape index (κ3) is 6.10. The predicted octanol–water partition coefficient (Wildman–Crippen LogP) is 2.35. The molecule has 0 saturated heterocycles. The number of hydrogen-bond donors (Lipinski definition) is 2. The molecule has 1 aromatic carbocycles. The van der Waals surface area contributed by atoms with Gasteiger partial charge in [-0.25, -0.2) is 13.1 Å². The van der Waals surface area contributed by atoms with E-state index < -0.39 is 15.3 Å². The van der Waals surface area contributed by atoms with Crippen LogP contribution in [0.4, 0.5) is 0 Å². The van der Waals surface area contributed by atoms with E-state index in [0.29, 0.717) is 32.4 Å². The molecule has 7 heteroatoms. The number of rotatable bonds is 9. The smallest absolute Gasteiger partial charge is 0.220 e. The molecule has 2 aromatic rings. The number of carbonyl (C=O) groups is 1. The van der Waals surface area contributed by atoms with Crippen molar-refractivity contribution in [3.05, 3.63) is 42.1 Å². The molecule has 0 saturated carbocycles. The summed E-state index contributed by atoms with van der Waals surface area (Å²) < 4.78 is 25.7. The zero-order chi connectivity index (χ0) is 18.3. The third-order valence-electron chi connectivity index (χ3n) is 3.88. The number of aromatic nitrogens is 1. The van der Waals surface area contributed by atoms with Gasteiger partial charge in [-0.15, -0.1) is 0 Å². The number of amides is 1. The average Bonchev–Trinajstić information content (AvgIpc) is 2.59. The lowest BCUT2D eigenvalue weighted by atomic mass is 10.2. The molecule has 0 radical (unpaired) electrons. The van der Waals surface area contributed by atoms with Crippen LogP contribution >= 0.6 is 0 Å². The molecule has 0 fully saturated rings. The third-order valence-corrected chi connectivity index (χ3v) is 5.72. The highest BCUT2D eigenvalue weighted by Gasteiger charge is 2.14. The largest absolute Gasteiger partial charge is 0.350 e. The zero-order valence-corrected chi connectivity index (χ0v) is 15.5. The second-order valence-electron chi connectivity index (χ2n) is 6.22. The van der Waals surface area contributed by atoms with Gasteiger partial charge in [-0.1, -0.05) is 24.3 Å². The van der Waals surface area contributed by atoms with E-state index in [1.54, 1.807) is 13.8 Å². The maximum Gasteiger partial charge on any atom is 0.220 e. The van der Waals surface area contributed by atoms with E-state index in [4.69, 9.17) is 0 Å². The van der Waals surface area contributed by atoms with Crippen molar-refractivity contribution in [2.24, 2.45) is 0 Å². The van der Waals surface area contributed by atoms with E-state index in [0.717, 1.165) is 16.6 Å². The molecule has 0 aliphatic rings. The minimum absolute atomic E-state index is 0.0540. The Hall–Kier alpha value is -1.99. The van der Waals surface area contributed by atoms with E-state index in [-0.39, 0.29) is 5.91 Å². The predicted molar refractivity (Wildman–Crippen MR) is 99.5 cm³/mol. The summed E-state index contributed by atoms with van der Waals surface area (Å²) in [5, 5.41) is 3.48. The Morgan fingerprint density at radius 2 is 1.88 bits per heavy atom. The van der Waals surface area contributed by atoms with Crippen LogP contribution in [-0.2, 0) is 21.4 Å². The zero-order valence-electron chi connectivity index (χ0n) is 14.7. The quantitative estimate of drug-likeness (QED) is 0.670. The van der Waals surface area contributed by atoms with Gasteiger partial charge in [0.1, 0.15) is 0 Å². The van der Waals surface area contributed by atoms with Gasteiger partial charge in [-0.05, 0) is 38.8 Å². The van der Waals surface area contributed by atoms with Gasteiger partial charge >= 0.3 is 0 Å². The molecule has 25 heavy (non-hydrogen) atoms. The Bertz CT molecular complexity index is 819. The lowest BCUT2D eigenvalue weighted by molar-refractivity contribution is -0.121. The fraction of sp³-hybridized carbons (Fsp3) is 0.444. The number of benzene rings is 1. The highest BCUT2D eigenvalue weighted by atomic mass is 32.2. The average molecular weight is 363 g/mol. The number of carbonyl (C=O) groups excluding carboxylic acids is 1. The van der Waals surface area contributed by atoms with Crippen LogP contribution in [-0.4, -0.2) is 31.1 Å². The maximum absolute atomic E-state index is 11.9. The highest BCUT2D eigenvalue weighted by Crippen LogP contribution is 2.11. The van der Waals surface area contributed by atoms with Crippen LogP contribution in [0, 0.1) is 0 Å². The molecule has 0 spiro atoms. The molecule has 1 heterocycles.